The van der Waals surface area contributed by atoms with Crippen LogP contribution in [0, 0.1) is 0 Å². The lowest BCUT2D eigenvalue weighted by atomic mass is 10.0. The zero-order valence-corrected chi connectivity index (χ0v) is 14.3. The van der Waals surface area contributed by atoms with Crippen LogP contribution in [0.4, 0.5) is 10.5 Å². The predicted octanol–water partition coefficient (Wildman–Crippen LogP) is 2.56. The average Bonchev–Trinajstić information content (AvgIpc) is 2.60. The molecule has 0 bridgehead atoms. The van der Waals surface area contributed by atoms with E-state index >= 15 is 0 Å². The SMILES string of the molecule is CCc1cccc(NC(=O)N2CCC(N(C)CCCO)CC2)c1. The van der Waals surface area contributed by atoms with E-state index in [-0.39, 0.29) is 12.6 Å². The summed E-state index contributed by atoms with van der Waals surface area (Å²) in [5, 5.41) is 11.9. The van der Waals surface area contributed by atoms with Gasteiger partial charge in [-0.2, -0.15) is 0 Å². The molecule has 23 heavy (non-hydrogen) atoms. The lowest BCUT2D eigenvalue weighted by Gasteiger charge is -2.36. The number of nitrogens with one attached hydrogen (secondary N) is 1. The maximum atomic E-state index is 12.4. The number of rotatable bonds is 6. The number of benzene rings is 1. The molecular formula is C18H29N3O2. The number of aliphatic hydroxyl groups is 1. The molecule has 1 aromatic rings. The van der Waals surface area contributed by atoms with Gasteiger partial charge < -0.3 is 20.2 Å². The molecule has 1 saturated heterocycles. The Hall–Kier alpha value is -1.59. The molecule has 0 unspecified atom stereocenters. The van der Waals surface area contributed by atoms with Crippen molar-refractivity contribution < 1.29 is 9.90 Å². The molecule has 0 aliphatic carbocycles. The topological polar surface area (TPSA) is 55.8 Å². The second-order valence-corrected chi connectivity index (χ2v) is 6.26. The summed E-state index contributed by atoms with van der Waals surface area (Å²) in [4.78, 5) is 16.6. The second-order valence-electron chi connectivity index (χ2n) is 6.26. The Kier molecular flexibility index (Phi) is 6.86. The van der Waals surface area contributed by atoms with Gasteiger partial charge in [-0.1, -0.05) is 19.1 Å². The first-order chi connectivity index (χ1) is 11.1. The quantitative estimate of drug-likeness (QED) is 0.847. The standard InChI is InChI=1S/C18H29N3O2/c1-3-15-6-4-7-16(14-15)19-18(23)21-11-8-17(9-12-21)20(2)10-5-13-22/h4,6-7,14,17,22H,3,5,8-13H2,1-2H3,(H,19,23). The maximum Gasteiger partial charge on any atom is 0.321 e. The van der Waals surface area contributed by atoms with E-state index in [9.17, 15) is 4.79 Å². The highest BCUT2D eigenvalue weighted by Gasteiger charge is 2.25. The van der Waals surface area contributed by atoms with Crippen molar-refractivity contribution in [3.05, 3.63) is 29.8 Å². The summed E-state index contributed by atoms with van der Waals surface area (Å²) in [5.74, 6) is 0. The summed E-state index contributed by atoms with van der Waals surface area (Å²) in [7, 11) is 2.10. The molecule has 1 aromatic carbocycles. The van der Waals surface area contributed by atoms with Crippen LogP contribution in [0.2, 0.25) is 0 Å². The van der Waals surface area contributed by atoms with Gasteiger partial charge in [0.2, 0.25) is 0 Å². The molecule has 1 aliphatic heterocycles. The Morgan fingerprint density at radius 3 is 2.78 bits per heavy atom. The van der Waals surface area contributed by atoms with Crippen LogP contribution in [0.1, 0.15) is 31.7 Å². The molecule has 1 heterocycles. The summed E-state index contributed by atoms with van der Waals surface area (Å²) in [6.07, 6.45) is 3.76. The predicted molar refractivity (Wildman–Crippen MR) is 93.8 cm³/mol. The van der Waals surface area contributed by atoms with E-state index in [1.165, 1.54) is 5.56 Å². The van der Waals surface area contributed by atoms with Crippen molar-refractivity contribution >= 4 is 11.7 Å². The lowest BCUT2D eigenvalue weighted by molar-refractivity contribution is 0.134. The van der Waals surface area contributed by atoms with Crippen LogP contribution in [-0.2, 0) is 6.42 Å². The van der Waals surface area contributed by atoms with E-state index in [4.69, 9.17) is 5.11 Å². The van der Waals surface area contributed by atoms with Crippen LogP contribution in [0.25, 0.3) is 0 Å². The number of anilines is 1. The summed E-state index contributed by atoms with van der Waals surface area (Å²) in [5.41, 5.74) is 2.10. The fourth-order valence-corrected chi connectivity index (χ4v) is 3.08. The second kappa shape index (κ2) is 8.89. The first kappa shape index (κ1) is 17.8. The molecule has 0 saturated carbocycles. The largest absolute Gasteiger partial charge is 0.396 e. The van der Waals surface area contributed by atoms with Crippen molar-refractivity contribution in [2.24, 2.45) is 0 Å². The molecule has 0 aromatic heterocycles. The smallest absolute Gasteiger partial charge is 0.321 e. The highest BCUT2D eigenvalue weighted by Crippen LogP contribution is 2.17. The Labute approximate surface area is 139 Å². The minimum Gasteiger partial charge on any atom is -0.396 e. The molecular weight excluding hydrogens is 290 g/mol. The highest BCUT2D eigenvalue weighted by molar-refractivity contribution is 5.89. The van der Waals surface area contributed by atoms with Crippen molar-refractivity contribution in [2.45, 2.75) is 38.6 Å². The molecule has 0 radical (unpaired) electrons. The summed E-state index contributed by atoms with van der Waals surface area (Å²) >= 11 is 0. The fraction of sp³-hybridized carbons (Fsp3) is 0.611. The molecule has 2 rings (SSSR count). The van der Waals surface area contributed by atoms with Crippen LogP contribution in [-0.4, -0.2) is 60.3 Å². The van der Waals surface area contributed by atoms with Crippen LogP contribution < -0.4 is 5.32 Å². The van der Waals surface area contributed by atoms with Gasteiger partial charge in [-0.3, -0.25) is 0 Å². The van der Waals surface area contributed by atoms with Crippen molar-refractivity contribution in [1.29, 1.82) is 0 Å². The molecule has 5 nitrogen and oxygen atoms in total. The molecule has 0 spiro atoms. The minimum atomic E-state index is -0.00489. The fourth-order valence-electron chi connectivity index (χ4n) is 3.08. The van der Waals surface area contributed by atoms with E-state index in [0.29, 0.717) is 6.04 Å². The van der Waals surface area contributed by atoms with E-state index in [1.54, 1.807) is 0 Å². The van der Waals surface area contributed by atoms with Crippen molar-refractivity contribution in [3.63, 3.8) is 0 Å². The Bertz CT molecular complexity index is 499. The number of urea groups is 1. The van der Waals surface area contributed by atoms with Gasteiger partial charge in [0, 0.05) is 38.0 Å². The molecule has 0 atom stereocenters. The number of aryl methyl sites for hydroxylation is 1. The third kappa shape index (κ3) is 5.22. The van der Waals surface area contributed by atoms with Gasteiger partial charge in [-0.25, -0.2) is 4.79 Å². The van der Waals surface area contributed by atoms with Crippen LogP contribution in [0.5, 0.6) is 0 Å². The first-order valence-electron chi connectivity index (χ1n) is 8.60. The number of likely N-dealkylation sites (tertiary alicyclic amines) is 1. The van der Waals surface area contributed by atoms with E-state index in [0.717, 1.165) is 51.0 Å². The van der Waals surface area contributed by atoms with E-state index in [1.807, 2.05) is 23.1 Å². The Morgan fingerprint density at radius 1 is 1.39 bits per heavy atom. The van der Waals surface area contributed by atoms with E-state index < -0.39 is 0 Å². The Balaban J connectivity index is 1.81. The molecule has 5 heteroatoms. The maximum absolute atomic E-state index is 12.4. The zero-order chi connectivity index (χ0) is 16.7. The van der Waals surface area contributed by atoms with Crippen LogP contribution in [0.15, 0.2) is 24.3 Å². The van der Waals surface area contributed by atoms with Gasteiger partial charge in [0.05, 0.1) is 0 Å². The zero-order valence-electron chi connectivity index (χ0n) is 14.3. The Morgan fingerprint density at radius 2 is 2.13 bits per heavy atom. The lowest BCUT2D eigenvalue weighted by Crippen LogP contribution is -2.47. The number of nitrogens with zero attached hydrogens (tertiary/aromatic N) is 2. The molecule has 1 aliphatic rings. The summed E-state index contributed by atoms with van der Waals surface area (Å²) < 4.78 is 0. The number of hydrogen-bond acceptors (Lipinski definition) is 3. The van der Waals surface area contributed by atoms with E-state index in [2.05, 4.69) is 30.3 Å². The van der Waals surface area contributed by atoms with Gasteiger partial charge in [-0.05, 0) is 50.4 Å². The van der Waals surface area contributed by atoms with Gasteiger partial charge >= 0.3 is 6.03 Å². The van der Waals surface area contributed by atoms with Gasteiger partial charge in [0.15, 0.2) is 0 Å². The first-order valence-corrected chi connectivity index (χ1v) is 8.60. The normalized spacial score (nSPS) is 15.9. The number of piperidine rings is 1. The van der Waals surface area contributed by atoms with Crippen molar-refractivity contribution in [1.82, 2.24) is 9.80 Å². The number of hydrogen-bond donors (Lipinski definition) is 2. The average molecular weight is 319 g/mol. The minimum absolute atomic E-state index is 0.00489. The molecule has 2 N–H and O–H groups in total. The van der Waals surface area contributed by atoms with Crippen LogP contribution >= 0.6 is 0 Å². The third-order valence-electron chi connectivity index (χ3n) is 4.63. The number of amides is 2. The van der Waals surface area contributed by atoms with Crippen molar-refractivity contribution in [3.8, 4) is 0 Å². The summed E-state index contributed by atoms with van der Waals surface area (Å²) in [6.45, 7) is 4.83. The number of carbonyl (C=O) groups excluding carboxylic acids is 1. The molecule has 2 amide bonds. The van der Waals surface area contributed by atoms with Crippen LogP contribution in [0.3, 0.4) is 0 Å². The third-order valence-corrected chi connectivity index (χ3v) is 4.63. The van der Waals surface area contributed by atoms with Gasteiger partial charge in [0.25, 0.3) is 0 Å². The number of aliphatic hydroxyl groups excluding tert-OH is 1. The molecule has 1 fully saturated rings. The number of carbonyl (C=O) groups is 1. The highest BCUT2D eigenvalue weighted by atomic mass is 16.3. The molecule has 128 valence electrons. The van der Waals surface area contributed by atoms with Gasteiger partial charge in [0.1, 0.15) is 0 Å². The van der Waals surface area contributed by atoms with Crippen molar-refractivity contribution in [2.75, 3.05) is 38.6 Å². The summed E-state index contributed by atoms with van der Waals surface area (Å²) in [6, 6.07) is 8.53. The van der Waals surface area contributed by atoms with Gasteiger partial charge in [-0.15, -0.1) is 0 Å². The monoisotopic (exact) mass is 319 g/mol.